The Labute approximate surface area is 92.6 Å². The maximum Gasteiger partial charge on any atom is 0.313 e. The van der Waals surface area contributed by atoms with Gasteiger partial charge in [0.1, 0.15) is 6.33 Å². The zero-order valence-corrected chi connectivity index (χ0v) is 9.74. The summed E-state index contributed by atoms with van der Waals surface area (Å²) in [6, 6.07) is 0. The van der Waals surface area contributed by atoms with Crippen LogP contribution in [0.25, 0.3) is 0 Å². The fourth-order valence-corrected chi connectivity index (χ4v) is 0.922. The molecule has 0 bridgehead atoms. The number of esters is 1. The zero-order chi connectivity index (χ0) is 11.6. The summed E-state index contributed by atoms with van der Waals surface area (Å²) < 4.78 is 7.83. The number of carbonyl (C=O) groups is 1. The van der Waals surface area contributed by atoms with E-state index in [9.17, 15) is 4.79 Å². The molecule has 15 heavy (non-hydrogen) atoms. The van der Waals surface area contributed by atoms with Crippen molar-refractivity contribution in [3.8, 4) is 0 Å². The molecule has 0 aromatic carbocycles. The number of nitrogens with zero attached hydrogens (tertiary/aromatic N) is 3. The lowest BCUT2D eigenvalue weighted by Crippen LogP contribution is -2.24. The van der Waals surface area contributed by atoms with Crippen LogP contribution in [0.4, 0.5) is 0 Å². The molecule has 1 heterocycles. The summed E-state index contributed by atoms with van der Waals surface area (Å²) >= 11 is 4.92. The van der Waals surface area contributed by atoms with Gasteiger partial charge in [-0.25, -0.2) is 4.68 Å². The topological polar surface area (TPSA) is 75.1 Å². The van der Waals surface area contributed by atoms with Crippen LogP contribution in [-0.2, 0) is 16.3 Å². The first kappa shape index (κ1) is 11.7. The van der Waals surface area contributed by atoms with Crippen molar-refractivity contribution < 1.29 is 9.53 Å². The van der Waals surface area contributed by atoms with Crippen molar-refractivity contribution >= 4 is 18.2 Å². The molecule has 0 aliphatic carbocycles. The first-order chi connectivity index (χ1) is 6.82. The highest BCUT2D eigenvalue weighted by atomic mass is 32.1. The molecule has 0 aliphatic heterocycles. The fourth-order valence-electron chi connectivity index (χ4n) is 0.775. The summed E-state index contributed by atoms with van der Waals surface area (Å²) in [7, 11) is 0. The quantitative estimate of drug-likeness (QED) is 0.459. The van der Waals surface area contributed by atoms with Crippen LogP contribution in [-0.4, -0.2) is 20.4 Å². The van der Waals surface area contributed by atoms with Crippen LogP contribution in [0.5, 0.6) is 0 Å². The summed E-state index contributed by atoms with van der Waals surface area (Å²) in [4.78, 5) is 11.4. The second-order valence-electron chi connectivity index (χ2n) is 4.13. The van der Waals surface area contributed by atoms with Crippen molar-refractivity contribution in [2.45, 2.75) is 27.5 Å². The summed E-state index contributed by atoms with van der Waals surface area (Å²) in [5, 5.41) is 3.84. The molecular formula is C8H14N4O2S. The number of ether oxygens (including phenoxy) is 1. The Morgan fingerprint density at radius 1 is 1.67 bits per heavy atom. The Hall–Kier alpha value is -1.37. The Morgan fingerprint density at radius 3 is 2.67 bits per heavy atom. The van der Waals surface area contributed by atoms with E-state index in [1.165, 1.54) is 15.7 Å². The summed E-state index contributed by atoms with van der Waals surface area (Å²) in [5.74, 6) is 5.11. The lowest BCUT2D eigenvalue weighted by molar-refractivity contribution is -0.157. The van der Waals surface area contributed by atoms with E-state index in [4.69, 9.17) is 22.8 Å². The van der Waals surface area contributed by atoms with E-state index in [2.05, 4.69) is 5.10 Å². The number of hydrogen-bond acceptors (Lipinski definition) is 5. The van der Waals surface area contributed by atoms with Gasteiger partial charge in [0.15, 0.2) is 6.73 Å². The van der Waals surface area contributed by atoms with Crippen molar-refractivity contribution in [3.63, 3.8) is 0 Å². The number of nitrogens with two attached hydrogens (primary N) is 1. The van der Waals surface area contributed by atoms with Gasteiger partial charge < -0.3 is 10.6 Å². The summed E-state index contributed by atoms with van der Waals surface area (Å²) in [6.07, 6.45) is 1.35. The number of aromatic nitrogens is 3. The van der Waals surface area contributed by atoms with Gasteiger partial charge in [-0.1, -0.05) is 0 Å². The van der Waals surface area contributed by atoms with Crippen LogP contribution in [0.2, 0.25) is 0 Å². The van der Waals surface area contributed by atoms with Crippen LogP contribution in [0, 0.1) is 10.2 Å². The van der Waals surface area contributed by atoms with E-state index in [-0.39, 0.29) is 12.7 Å². The van der Waals surface area contributed by atoms with Gasteiger partial charge >= 0.3 is 5.97 Å². The molecule has 0 saturated carbocycles. The maximum absolute atomic E-state index is 11.4. The van der Waals surface area contributed by atoms with E-state index in [1.807, 2.05) is 0 Å². The summed E-state index contributed by atoms with van der Waals surface area (Å²) in [5.41, 5.74) is -0.534. The number of nitrogen functional groups attached to an aromatic ring is 1. The normalized spacial score (nSPS) is 11.4. The second kappa shape index (κ2) is 4.01. The van der Waals surface area contributed by atoms with Crippen LogP contribution in [0.3, 0.4) is 0 Å². The lowest BCUT2D eigenvalue weighted by Gasteiger charge is -2.16. The molecule has 1 aromatic rings. The molecular weight excluding hydrogens is 216 g/mol. The Balaban J connectivity index is 2.63. The molecule has 1 rings (SSSR count). The molecule has 0 saturated heterocycles. The highest BCUT2D eigenvalue weighted by Crippen LogP contribution is 2.15. The van der Waals surface area contributed by atoms with Gasteiger partial charge in [-0.3, -0.25) is 4.79 Å². The lowest BCUT2D eigenvalue weighted by atomic mass is 9.98. The van der Waals surface area contributed by atoms with E-state index in [0.29, 0.717) is 4.77 Å². The van der Waals surface area contributed by atoms with Crippen molar-refractivity contribution in [2.24, 2.45) is 5.41 Å². The molecule has 0 atom stereocenters. The van der Waals surface area contributed by atoms with E-state index in [0.717, 1.165) is 0 Å². The van der Waals surface area contributed by atoms with Gasteiger partial charge in [0.2, 0.25) is 4.77 Å². The smallest absolute Gasteiger partial charge is 0.313 e. The monoisotopic (exact) mass is 230 g/mol. The van der Waals surface area contributed by atoms with Crippen LogP contribution >= 0.6 is 12.2 Å². The van der Waals surface area contributed by atoms with Crippen molar-refractivity contribution in [1.29, 1.82) is 0 Å². The third-order valence-electron chi connectivity index (χ3n) is 1.69. The predicted octanol–water partition coefficient (Wildman–Crippen LogP) is 0.675. The first-order valence-electron chi connectivity index (χ1n) is 4.39. The van der Waals surface area contributed by atoms with Gasteiger partial charge in [-0.15, -0.1) is 0 Å². The van der Waals surface area contributed by atoms with E-state index < -0.39 is 5.41 Å². The fraction of sp³-hybridized carbons (Fsp3) is 0.625. The highest BCUT2D eigenvalue weighted by Gasteiger charge is 2.23. The number of hydrogen-bond donors (Lipinski definition) is 1. The molecule has 0 unspecified atom stereocenters. The molecule has 1 aromatic heterocycles. The highest BCUT2D eigenvalue weighted by molar-refractivity contribution is 7.71. The third-order valence-corrected chi connectivity index (χ3v) is 2.11. The van der Waals surface area contributed by atoms with E-state index in [1.54, 1.807) is 20.8 Å². The van der Waals surface area contributed by atoms with Gasteiger partial charge in [0.05, 0.1) is 5.41 Å². The minimum absolute atomic E-state index is 0.0147. The van der Waals surface area contributed by atoms with E-state index >= 15 is 0 Å². The van der Waals surface area contributed by atoms with Gasteiger partial charge in [-0.2, -0.15) is 9.78 Å². The molecule has 2 N–H and O–H groups in total. The minimum Gasteiger partial charge on any atom is -0.442 e. The molecule has 0 aliphatic rings. The SMILES string of the molecule is CC(C)(C)C(=O)OCn1ncn(N)c1=S. The molecule has 0 fully saturated rings. The largest absolute Gasteiger partial charge is 0.442 e. The zero-order valence-electron chi connectivity index (χ0n) is 8.93. The molecule has 0 radical (unpaired) electrons. The van der Waals surface area contributed by atoms with Crippen LogP contribution in [0.15, 0.2) is 6.33 Å². The van der Waals surface area contributed by atoms with Crippen LogP contribution < -0.4 is 5.84 Å². The Morgan fingerprint density at radius 2 is 2.27 bits per heavy atom. The first-order valence-corrected chi connectivity index (χ1v) is 4.80. The predicted molar refractivity (Wildman–Crippen MR) is 56.7 cm³/mol. The standard InChI is InChI=1S/C8H14N4O2S/c1-8(2,3)6(13)14-5-12-7(15)11(9)4-10-12/h4H,5,9H2,1-3H3. The number of rotatable bonds is 2. The second-order valence-corrected chi connectivity index (χ2v) is 4.50. The van der Waals surface area contributed by atoms with Crippen molar-refractivity contribution in [2.75, 3.05) is 5.84 Å². The average molecular weight is 230 g/mol. The van der Waals surface area contributed by atoms with Crippen molar-refractivity contribution in [1.82, 2.24) is 14.5 Å². The Kier molecular flexibility index (Phi) is 3.13. The molecule has 7 heteroatoms. The average Bonchev–Trinajstić information content (AvgIpc) is 2.43. The Bertz CT molecular complexity index is 415. The number of carbonyl (C=O) groups excluding carboxylic acids is 1. The third kappa shape index (κ3) is 2.79. The van der Waals surface area contributed by atoms with Crippen molar-refractivity contribution in [3.05, 3.63) is 11.1 Å². The van der Waals surface area contributed by atoms with Crippen LogP contribution in [0.1, 0.15) is 20.8 Å². The summed E-state index contributed by atoms with van der Waals surface area (Å²) in [6.45, 7) is 5.31. The molecule has 0 amide bonds. The van der Waals surface area contributed by atoms with Gasteiger partial charge in [0.25, 0.3) is 0 Å². The van der Waals surface area contributed by atoms with Gasteiger partial charge in [0, 0.05) is 0 Å². The molecule has 84 valence electrons. The maximum atomic E-state index is 11.4. The molecule has 0 spiro atoms. The minimum atomic E-state index is -0.534. The molecule has 6 nitrogen and oxygen atoms in total. The van der Waals surface area contributed by atoms with Gasteiger partial charge in [-0.05, 0) is 33.0 Å².